The van der Waals surface area contributed by atoms with Crippen LogP contribution in [0.25, 0.3) is 0 Å². The third-order valence-electron chi connectivity index (χ3n) is 3.73. The second-order valence-electron chi connectivity index (χ2n) is 6.48. The summed E-state index contributed by atoms with van der Waals surface area (Å²) in [6.45, 7) is 1.41. The molecule has 0 saturated heterocycles. The van der Waals surface area contributed by atoms with E-state index < -0.39 is 0 Å². The minimum absolute atomic E-state index is 0.0775. The molecule has 0 saturated carbocycles. The lowest BCUT2D eigenvalue weighted by Gasteiger charge is -2.13. The van der Waals surface area contributed by atoms with Gasteiger partial charge in [0.15, 0.2) is 0 Å². The zero-order chi connectivity index (χ0) is 19.6. The van der Waals surface area contributed by atoms with Crippen LogP contribution in [-0.2, 0) is 22.7 Å². The molecule has 2 aromatic rings. The van der Waals surface area contributed by atoms with Crippen molar-refractivity contribution >= 4 is 40.9 Å². The van der Waals surface area contributed by atoms with E-state index in [9.17, 15) is 9.59 Å². The fourth-order valence-electron chi connectivity index (χ4n) is 2.49. The number of thioether (sulfide) groups is 1. The van der Waals surface area contributed by atoms with Crippen LogP contribution in [0.4, 0.5) is 5.69 Å². The van der Waals surface area contributed by atoms with E-state index in [0.717, 1.165) is 12.1 Å². The van der Waals surface area contributed by atoms with Gasteiger partial charge in [-0.25, -0.2) is 0 Å². The van der Waals surface area contributed by atoms with Gasteiger partial charge in [0, 0.05) is 22.8 Å². The summed E-state index contributed by atoms with van der Waals surface area (Å²) >= 11 is 7.10. The first-order chi connectivity index (χ1) is 12.9. The van der Waals surface area contributed by atoms with E-state index >= 15 is 0 Å². The lowest BCUT2D eigenvalue weighted by Crippen LogP contribution is -3.04. The number of hydrogen-bond acceptors (Lipinski definition) is 3. The topological polar surface area (TPSA) is 62.6 Å². The summed E-state index contributed by atoms with van der Waals surface area (Å²) in [5.74, 6) is 0.242. The third-order valence-corrected chi connectivity index (χ3v) is 4.92. The van der Waals surface area contributed by atoms with Crippen molar-refractivity contribution in [3.05, 3.63) is 64.7 Å². The number of nitrogens with one attached hydrogen (secondary N) is 3. The summed E-state index contributed by atoms with van der Waals surface area (Å²) in [5, 5.41) is 6.32. The van der Waals surface area contributed by atoms with Crippen molar-refractivity contribution in [3.8, 4) is 0 Å². The van der Waals surface area contributed by atoms with E-state index in [1.807, 2.05) is 18.2 Å². The van der Waals surface area contributed by atoms with Crippen LogP contribution in [0.2, 0.25) is 5.02 Å². The molecule has 2 aromatic carbocycles. The van der Waals surface area contributed by atoms with E-state index in [0.29, 0.717) is 17.3 Å². The second kappa shape index (κ2) is 11.0. The highest BCUT2D eigenvalue weighted by atomic mass is 35.5. The summed E-state index contributed by atoms with van der Waals surface area (Å²) in [4.78, 5) is 25.3. The fraction of sp³-hybridized carbons (Fsp3) is 0.300. The predicted molar refractivity (Wildman–Crippen MR) is 112 cm³/mol. The quantitative estimate of drug-likeness (QED) is 0.596. The van der Waals surface area contributed by atoms with Gasteiger partial charge in [-0.1, -0.05) is 35.9 Å². The van der Waals surface area contributed by atoms with Crippen LogP contribution >= 0.6 is 23.4 Å². The molecule has 0 fully saturated rings. The second-order valence-corrected chi connectivity index (χ2v) is 7.90. The Hall–Kier alpha value is -2.02. The van der Waals surface area contributed by atoms with Gasteiger partial charge in [-0.3, -0.25) is 9.59 Å². The number of quaternary nitrogens is 1. The molecule has 0 bridgehead atoms. The van der Waals surface area contributed by atoms with Crippen molar-refractivity contribution in [2.75, 3.05) is 30.9 Å². The SMILES string of the molecule is C[NH+](C)Cc1ccccc1CNC(=O)CSCC(=O)Nc1ccc(Cl)cc1. The molecular formula is C20H25ClN3O2S+. The predicted octanol–water partition coefficient (Wildman–Crippen LogP) is 1.97. The Bertz CT molecular complexity index is 766. The van der Waals surface area contributed by atoms with Gasteiger partial charge in [0.25, 0.3) is 0 Å². The van der Waals surface area contributed by atoms with Crippen molar-refractivity contribution in [1.82, 2.24) is 5.32 Å². The van der Waals surface area contributed by atoms with Crippen molar-refractivity contribution in [2.45, 2.75) is 13.1 Å². The monoisotopic (exact) mass is 406 g/mol. The summed E-state index contributed by atoms with van der Waals surface area (Å²) < 4.78 is 0. The summed E-state index contributed by atoms with van der Waals surface area (Å²) in [6.07, 6.45) is 0. The van der Waals surface area contributed by atoms with E-state index in [1.54, 1.807) is 24.3 Å². The zero-order valence-electron chi connectivity index (χ0n) is 15.5. The first-order valence-electron chi connectivity index (χ1n) is 8.69. The number of amides is 2. The zero-order valence-corrected chi connectivity index (χ0v) is 17.1. The van der Waals surface area contributed by atoms with Crippen LogP contribution in [0.1, 0.15) is 11.1 Å². The van der Waals surface area contributed by atoms with E-state index in [1.165, 1.54) is 22.2 Å². The Kier molecular flexibility index (Phi) is 8.64. The molecular weight excluding hydrogens is 382 g/mol. The molecule has 0 aliphatic rings. The number of rotatable bonds is 9. The van der Waals surface area contributed by atoms with Crippen molar-refractivity contribution in [2.24, 2.45) is 0 Å². The molecule has 3 N–H and O–H groups in total. The van der Waals surface area contributed by atoms with Crippen LogP contribution in [0.5, 0.6) is 0 Å². The van der Waals surface area contributed by atoms with E-state index in [-0.39, 0.29) is 23.3 Å². The average molecular weight is 407 g/mol. The van der Waals surface area contributed by atoms with Gasteiger partial charge in [0.1, 0.15) is 6.54 Å². The highest BCUT2D eigenvalue weighted by Gasteiger charge is 2.09. The molecule has 0 heterocycles. The minimum Gasteiger partial charge on any atom is -0.351 e. The summed E-state index contributed by atoms with van der Waals surface area (Å²) in [5.41, 5.74) is 3.04. The summed E-state index contributed by atoms with van der Waals surface area (Å²) in [6, 6.07) is 15.0. The number of halogens is 1. The average Bonchev–Trinajstić information content (AvgIpc) is 2.62. The fourth-order valence-corrected chi connectivity index (χ4v) is 3.27. The van der Waals surface area contributed by atoms with Crippen LogP contribution in [0, 0.1) is 0 Å². The van der Waals surface area contributed by atoms with Crippen molar-refractivity contribution < 1.29 is 14.5 Å². The van der Waals surface area contributed by atoms with Crippen LogP contribution in [0.3, 0.4) is 0 Å². The molecule has 0 radical (unpaired) electrons. The number of carbonyl (C=O) groups is 2. The Morgan fingerprint density at radius 2 is 1.59 bits per heavy atom. The number of anilines is 1. The van der Waals surface area contributed by atoms with Crippen molar-refractivity contribution in [3.63, 3.8) is 0 Å². The van der Waals surface area contributed by atoms with E-state index in [4.69, 9.17) is 11.6 Å². The Labute approximate surface area is 169 Å². The molecule has 0 atom stereocenters. The minimum atomic E-state index is -0.144. The first-order valence-corrected chi connectivity index (χ1v) is 10.2. The van der Waals surface area contributed by atoms with Gasteiger partial charge in [0.05, 0.1) is 25.6 Å². The van der Waals surface area contributed by atoms with Gasteiger partial charge in [-0.15, -0.1) is 11.8 Å². The van der Waals surface area contributed by atoms with Crippen LogP contribution < -0.4 is 15.5 Å². The highest BCUT2D eigenvalue weighted by molar-refractivity contribution is 8.00. The Balaban J connectivity index is 1.70. The molecule has 5 nitrogen and oxygen atoms in total. The highest BCUT2D eigenvalue weighted by Crippen LogP contribution is 2.14. The molecule has 0 spiro atoms. The third kappa shape index (κ3) is 8.03. The van der Waals surface area contributed by atoms with Gasteiger partial charge >= 0.3 is 0 Å². The maximum atomic E-state index is 12.0. The Morgan fingerprint density at radius 1 is 0.963 bits per heavy atom. The maximum Gasteiger partial charge on any atom is 0.234 e. The molecule has 0 aliphatic carbocycles. The molecule has 2 amide bonds. The largest absolute Gasteiger partial charge is 0.351 e. The van der Waals surface area contributed by atoms with Crippen LogP contribution in [0.15, 0.2) is 48.5 Å². The lowest BCUT2D eigenvalue weighted by atomic mass is 10.1. The summed E-state index contributed by atoms with van der Waals surface area (Å²) in [7, 11) is 4.20. The van der Waals surface area contributed by atoms with Crippen LogP contribution in [-0.4, -0.2) is 37.4 Å². The molecule has 0 unspecified atom stereocenters. The molecule has 0 aliphatic heterocycles. The number of carbonyl (C=O) groups excluding carboxylic acids is 2. The molecule has 0 aromatic heterocycles. The van der Waals surface area contributed by atoms with Gasteiger partial charge < -0.3 is 15.5 Å². The maximum absolute atomic E-state index is 12.0. The molecule has 27 heavy (non-hydrogen) atoms. The lowest BCUT2D eigenvalue weighted by molar-refractivity contribution is -0.872. The normalized spacial score (nSPS) is 10.7. The van der Waals surface area contributed by atoms with Gasteiger partial charge in [0.2, 0.25) is 11.8 Å². The van der Waals surface area contributed by atoms with Crippen molar-refractivity contribution in [1.29, 1.82) is 0 Å². The van der Waals surface area contributed by atoms with E-state index in [2.05, 4.69) is 30.8 Å². The Morgan fingerprint density at radius 3 is 2.26 bits per heavy atom. The molecule has 2 rings (SSSR count). The smallest absolute Gasteiger partial charge is 0.234 e. The number of benzene rings is 2. The molecule has 144 valence electrons. The number of hydrogen-bond donors (Lipinski definition) is 3. The first kappa shape index (κ1) is 21.3. The van der Waals surface area contributed by atoms with Gasteiger partial charge in [-0.2, -0.15) is 0 Å². The van der Waals surface area contributed by atoms with Gasteiger partial charge in [-0.05, 0) is 29.8 Å². The standard InChI is InChI=1S/C20H24ClN3O2S/c1-24(2)12-16-6-4-3-5-15(16)11-22-19(25)13-27-14-20(26)23-18-9-7-17(21)8-10-18/h3-10H,11-14H2,1-2H3,(H,22,25)(H,23,26)/p+1. The molecule has 7 heteroatoms.